The molecule has 0 amide bonds. The average molecular weight is 384 g/mol. The first-order valence-corrected chi connectivity index (χ1v) is 9.04. The molecule has 2 aliphatic carbocycles. The van der Waals surface area contributed by atoms with E-state index in [0.29, 0.717) is 0 Å². The average Bonchev–Trinajstić information content (AvgIpc) is 2.70. The number of hydrogen-bond donors (Lipinski definition) is 4. The topological polar surface area (TPSA) is 124 Å². The van der Waals surface area contributed by atoms with Gasteiger partial charge in [-0.05, 0) is 25.3 Å². The van der Waals surface area contributed by atoms with Gasteiger partial charge in [0.1, 0.15) is 23.4 Å². The molecule has 0 heterocycles. The van der Waals surface area contributed by atoms with E-state index in [-0.39, 0.29) is 58.4 Å². The summed E-state index contributed by atoms with van der Waals surface area (Å²) in [5.74, 6) is -2.12. The van der Waals surface area contributed by atoms with Crippen LogP contribution in [0.5, 0.6) is 17.2 Å². The van der Waals surface area contributed by atoms with Crippen molar-refractivity contribution in [2.45, 2.75) is 37.9 Å². The van der Waals surface area contributed by atoms with E-state index in [0.717, 1.165) is 0 Å². The summed E-state index contributed by atoms with van der Waals surface area (Å²) in [7, 11) is 1.37. The van der Waals surface area contributed by atoms with Crippen molar-refractivity contribution in [3.8, 4) is 17.2 Å². The largest absolute Gasteiger partial charge is 0.507 e. The maximum Gasteiger partial charge on any atom is 0.202 e. The van der Waals surface area contributed by atoms with Crippen LogP contribution in [-0.2, 0) is 6.42 Å². The number of aromatic hydroxyl groups is 2. The summed E-state index contributed by atoms with van der Waals surface area (Å²) in [6.07, 6.45) is -0.987. The fourth-order valence-corrected chi connectivity index (χ4v) is 4.28. The minimum Gasteiger partial charge on any atom is -0.507 e. The van der Waals surface area contributed by atoms with Crippen LogP contribution in [0.1, 0.15) is 68.8 Å². The lowest BCUT2D eigenvalue weighted by molar-refractivity contribution is -0.0921. The highest BCUT2D eigenvalue weighted by Crippen LogP contribution is 2.51. The van der Waals surface area contributed by atoms with E-state index in [9.17, 15) is 30.0 Å². The maximum atomic E-state index is 13.1. The summed E-state index contributed by atoms with van der Waals surface area (Å²) >= 11 is 0. The number of phenolic OH excluding ortho intramolecular Hbond substituents is 2. The molecule has 0 bridgehead atoms. The SMILES string of the molecule is CC[C@@]1(O)CCc2c(O)c3c(c(O)c2[C@@H]1O)C(=O)c1cccc(OC)c1C3=O. The van der Waals surface area contributed by atoms with E-state index >= 15 is 0 Å². The van der Waals surface area contributed by atoms with Gasteiger partial charge in [0.2, 0.25) is 5.78 Å². The second kappa shape index (κ2) is 6.05. The second-order valence-electron chi connectivity index (χ2n) is 7.24. The van der Waals surface area contributed by atoms with Gasteiger partial charge in [-0.1, -0.05) is 19.1 Å². The van der Waals surface area contributed by atoms with Crippen LogP contribution in [0.15, 0.2) is 18.2 Å². The fraction of sp³-hybridized carbons (Fsp3) is 0.333. The van der Waals surface area contributed by atoms with Crippen LogP contribution < -0.4 is 4.74 Å². The maximum absolute atomic E-state index is 13.1. The van der Waals surface area contributed by atoms with Gasteiger partial charge in [0.15, 0.2) is 5.78 Å². The number of aliphatic hydroxyl groups is 2. The number of carbonyl (C=O) groups excluding carboxylic acids is 2. The fourth-order valence-electron chi connectivity index (χ4n) is 4.28. The van der Waals surface area contributed by atoms with Crippen molar-refractivity contribution in [2.24, 2.45) is 0 Å². The van der Waals surface area contributed by atoms with Crippen molar-refractivity contribution < 1.29 is 34.8 Å². The van der Waals surface area contributed by atoms with Crippen LogP contribution in [0.25, 0.3) is 0 Å². The molecule has 2 aliphatic rings. The normalized spacial score (nSPS) is 23.1. The van der Waals surface area contributed by atoms with E-state index in [4.69, 9.17) is 4.74 Å². The molecule has 0 unspecified atom stereocenters. The van der Waals surface area contributed by atoms with Gasteiger partial charge >= 0.3 is 0 Å². The zero-order chi connectivity index (χ0) is 20.4. The molecule has 4 N–H and O–H groups in total. The van der Waals surface area contributed by atoms with Crippen molar-refractivity contribution in [2.75, 3.05) is 7.11 Å². The molecular weight excluding hydrogens is 364 g/mol. The van der Waals surface area contributed by atoms with Crippen LogP contribution in [0.4, 0.5) is 0 Å². The van der Waals surface area contributed by atoms with Gasteiger partial charge in [0, 0.05) is 16.7 Å². The summed E-state index contributed by atoms with van der Waals surface area (Å²) in [4.78, 5) is 26.2. The third-order valence-corrected chi connectivity index (χ3v) is 5.96. The molecule has 2 aromatic rings. The molecule has 0 aromatic heterocycles. The Morgan fingerprint density at radius 3 is 2.43 bits per heavy atom. The van der Waals surface area contributed by atoms with Crippen molar-refractivity contribution in [1.82, 2.24) is 0 Å². The number of methoxy groups -OCH3 is 1. The van der Waals surface area contributed by atoms with Gasteiger partial charge in [-0.2, -0.15) is 0 Å². The van der Waals surface area contributed by atoms with Crippen LogP contribution in [0, 0.1) is 0 Å². The van der Waals surface area contributed by atoms with E-state index in [1.54, 1.807) is 13.0 Å². The highest BCUT2D eigenvalue weighted by molar-refractivity contribution is 6.31. The molecule has 146 valence electrons. The smallest absolute Gasteiger partial charge is 0.202 e. The van der Waals surface area contributed by atoms with E-state index in [1.165, 1.54) is 19.2 Å². The summed E-state index contributed by atoms with van der Waals surface area (Å²) in [6, 6.07) is 4.53. The summed E-state index contributed by atoms with van der Waals surface area (Å²) in [5.41, 5.74) is -2.01. The lowest BCUT2D eigenvalue weighted by atomic mass is 9.72. The van der Waals surface area contributed by atoms with Gasteiger partial charge < -0.3 is 25.2 Å². The molecule has 4 rings (SSSR count). The molecule has 0 spiro atoms. The zero-order valence-corrected chi connectivity index (χ0v) is 15.4. The third kappa shape index (κ3) is 2.17. The number of fused-ring (bicyclic) bond motifs is 3. The highest BCUT2D eigenvalue weighted by Gasteiger charge is 2.46. The summed E-state index contributed by atoms with van der Waals surface area (Å²) in [5, 5.41) is 43.0. The van der Waals surface area contributed by atoms with Crippen molar-refractivity contribution in [1.29, 1.82) is 0 Å². The van der Waals surface area contributed by atoms with Crippen LogP contribution >= 0.6 is 0 Å². The van der Waals surface area contributed by atoms with Gasteiger partial charge in [0.05, 0.1) is 29.4 Å². The van der Waals surface area contributed by atoms with Crippen molar-refractivity contribution >= 4 is 11.6 Å². The molecule has 2 atom stereocenters. The summed E-state index contributed by atoms with van der Waals surface area (Å²) in [6.45, 7) is 1.70. The Balaban J connectivity index is 2.04. The molecule has 0 saturated carbocycles. The quantitative estimate of drug-likeness (QED) is 0.498. The Bertz CT molecular complexity index is 1040. The molecule has 7 heteroatoms. The van der Waals surface area contributed by atoms with Crippen molar-refractivity contribution in [3.63, 3.8) is 0 Å². The van der Waals surface area contributed by atoms with Gasteiger partial charge in [-0.25, -0.2) is 0 Å². The lowest BCUT2D eigenvalue weighted by Crippen LogP contribution is -2.40. The molecular formula is C21H20O7. The van der Waals surface area contributed by atoms with Crippen LogP contribution in [-0.4, -0.2) is 44.7 Å². The van der Waals surface area contributed by atoms with E-state index < -0.39 is 34.8 Å². The van der Waals surface area contributed by atoms with Crippen LogP contribution in [0.3, 0.4) is 0 Å². The first-order valence-electron chi connectivity index (χ1n) is 9.04. The standard InChI is InChI=1S/C21H20O7/c1-3-21(27)8-7-10-13(20(21)26)19(25)15-14(17(10)23)18(24)12-9(16(15)22)5-4-6-11(12)28-2/h4-6,20,23,25-27H,3,7-8H2,1-2H3/t20-,21+/m0/s1. The van der Waals surface area contributed by atoms with E-state index in [1.807, 2.05) is 0 Å². The number of aliphatic hydroxyl groups excluding tert-OH is 1. The van der Waals surface area contributed by atoms with Crippen molar-refractivity contribution in [3.05, 3.63) is 51.6 Å². The number of carbonyl (C=O) groups is 2. The third-order valence-electron chi connectivity index (χ3n) is 5.96. The predicted molar refractivity (Wildman–Crippen MR) is 98.2 cm³/mol. The van der Waals surface area contributed by atoms with E-state index in [2.05, 4.69) is 0 Å². The Morgan fingerprint density at radius 1 is 1.11 bits per heavy atom. The monoisotopic (exact) mass is 384 g/mol. The first-order chi connectivity index (χ1) is 13.3. The molecule has 28 heavy (non-hydrogen) atoms. The van der Waals surface area contributed by atoms with Gasteiger partial charge in [-0.15, -0.1) is 0 Å². The molecule has 0 fully saturated rings. The highest BCUT2D eigenvalue weighted by atomic mass is 16.5. The minimum absolute atomic E-state index is 0.0265. The molecule has 0 radical (unpaired) electrons. The predicted octanol–water partition coefficient (Wildman–Crippen LogP) is 2.00. The number of benzene rings is 2. The molecule has 0 aliphatic heterocycles. The summed E-state index contributed by atoms with van der Waals surface area (Å²) < 4.78 is 5.20. The molecule has 2 aromatic carbocycles. The number of phenols is 2. The van der Waals surface area contributed by atoms with Gasteiger partial charge in [-0.3, -0.25) is 9.59 Å². The Labute approximate surface area is 160 Å². The number of ketones is 2. The molecule has 0 saturated heterocycles. The molecule has 7 nitrogen and oxygen atoms in total. The number of hydrogen-bond acceptors (Lipinski definition) is 7. The Kier molecular flexibility index (Phi) is 3.99. The number of rotatable bonds is 2. The number of ether oxygens (including phenoxy) is 1. The Morgan fingerprint density at radius 2 is 1.79 bits per heavy atom. The van der Waals surface area contributed by atoms with Gasteiger partial charge in [0.25, 0.3) is 0 Å². The lowest BCUT2D eigenvalue weighted by Gasteiger charge is -2.39. The Hall–Kier alpha value is -2.90. The minimum atomic E-state index is -1.49. The van der Waals surface area contributed by atoms with Crippen LogP contribution in [0.2, 0.25) is 0 Å². The second-order valence-corrected chi connectivity index (χ2v) is 7.24. The first kappa shape index (κ1) is 18.5. The zero-order valence-electron chi connectivity index (χ0n) is 15.4.